The molecule has 0 amide bonds. The number of hydrogen-bond donors (Lipinski definition) is 0. The summed E-state index contributed by atoms with van der Waals surface area (Å²) in [6.07, 6.45) is 0. The summed E-state index contributed by atoms with van der Waals surface area (Å²) in [7, 11) is -1.02. The van der Waals surface area contributed by atoms with Crippen LogP contribution in [0.5, 0.6) is 0 Å². The van der Waals surface area contributed by atoms with E-state index in [9.17, 15) is 0 Å². The van der Waals surface area contributed by atoms with E-state index in [4.69, 9.17) is 0 Å². The molecule has 0 aliphatic rings. The number of hydrogen-bond acceptors (Lipinski definition) is 0. The van der Waals surface area contributed by atoms with E-state index in [1.54, 1.807) is 5.54 Å². The summed E-state index contributed by atoms with van der Waals surface area (Å²) in [5.41, 5.74) is 1.65. The Balaban J connectivity index is -0.0000000916. The molecule has 0 nitrogen and oxygen atoms in total. The molecule has 0 aliphatic carbocycles. The summed E-state index contributed by atoms with van der Waals surface area (Å²) in [5, 5.41) is 1.88. The molecule has 0 fully saturated rings. The zero-order valence-corrected chi connectivity index (χ0v) is 22.4. The van der Waals surface area contributed by atoms with Crippen LogP contribution in [-0.2, 0) is 0 Å². The van der Waals surface area contributed by atoms with Crippen LogP contribution in [0.2, 0.25) is 39.3 Å². The van der Waals surface area contributed by atoms with Gasteiger partial charge in [0.25, 0.3) is 0 Å². The summed E-state index contributed by atoms with van der Waals surface area (Å²) >= 11 is 0. The van der Waals surface area contributed by atoms with E-state index in [1.807, 2.05) is 5.16 Å². The van der Waals surface area contributed by atoms with E-state index in [2.05, 4.69) is 80.8 Å². The third-order valence-corrected chi connectivity index (χ3v) is 12.9. The fourth-order valence-electron chi connectivity index (χ4n) is 0.667. The van der Waals surface area contributed by atoms with Gasteiger partial charge in [-0.25, -0.2) is 0 Å². The van der Waals surface area contributed by atoms with Crippen molar-refractivity contribution in [2.24, 2.45) is 0 Å². The van der Waals surface area contributed by atoms with Crippen molar-refractivity contribution >= 4 is 26.4 Å². The van der Waals surface area contributed by atoms with Crippen molar-refractivity contribution in [2.45, 2.75) is 80.8 Å². The standard InChI is InChI=1S/C6H17Si2.C5H13Si.C4H9.Nd/c1-6(7(2)3)8(4)5;1-5(2)6(3)4;1-4(2)3;/h7-8H,1-5H3;6H,1-4H3;1-3H3;/q3*-1;+3. The van der Waals surface area contributed by atoms with Crippen molar-refractivity contribution in [2.75, 3.05) is 0 Å². The fraction of sp³-hybridized carbons (Fsp3) is 0.800. The molecule has 0 N–H and O–H groups in total. The van der Waals surface area contributed by atoms with E-state index >= 15 is 0 Å². The maximum absolute atomic E-state index is 2.42. The molecular weight excluding hydrogens is 409 g/mol. The largest absolute Gasteiger partial charge is 3.00 e. The first-order chi connectivity index (χ1) is 7.93. The van der Waals surface area contributed by atoms with Gasteiger partial charge in [0.15, 0.2) is 0 Å². The van der Waals surface area contributed by atoms with Crippen LogP contribution < -0.4 is 0 Å². The first kappa shape index (κ1) is 29.1. The first-order valence-corrected chi connectivity index (χ1v) is 16.0. The van der Waals surface area contributed by atoms with E-state index in [0.29, 0.717) is 0 Å². The van der Waals surface area contributed by atoms with Crippen molar-refractivity contribution in [1.82, 2.24) is 0 Å². The van der Waals surface area contributed by atoms with Crippen molar-refractivity contribution in [3.05, 3.63) is 16.6 Å². The van der Waals surface area contributed by atoms with Crippen molar-refractivity contribution in [3.8, 4) is 0 Å². The van der Waals surface area contributed by atoms with Crippen LogP contribution in [0.1, 0.15) is 41.5 Å². The normalized spacial score (nSPS) is 10.4. The monoisotopic (exact) mass is 445 g/mol. The minimum atomic E-state index is -0.344. The molecule has 0 unspecified atom stereocenters. The smallest absolute Gasteiger partial charge is 0.323 e. The summed E-state index contributed by atoms with van der Waals surface area (Å²) in [5.74, 6) is 1.42. The average Bonchev–Trinajstić information content (AvgIpc) is 2.15. The third-order valence-electron chi connectivity index (χ3n) is 2.98. The van der Waals surface area contributed by atoms with Gasteiger partial charge in [-0.3, -0.25) is 0 Å². The van der Waals surface area contributed by atoms with Gasteiger partial charge in [-0.05, 0) is 0 Å². The second kappa shape index (κ2) is 18.1. The van der Waals surface area contributed by atoms with Gasteiger partial charge in [0, 0.05) is 0 Å². The molecule has 0 bridgehead atoms. The van der Waals surface area contributed by atoms with E-state index in [-0.39, 0.29) is 67.2 Å². The Hall–Kier alpha value is 2.00. The van der Waals surface area contributed by atoms with E-state index in [0.717, 1.165) is 0 Å². The minimum Gasteiger partial charge on any atom is -0.323 e. The molecule has 0 rings (SSSR count). The zero-order chi connectivity index (χ0) is 15.5. The molecule has 0 atom stereocenters. The molecule has 115 valence electrons. The van der Waals surface area contributed by atoms with Crippen LogP contribution in [0.4, 0.5) is 0 Å². The molecule has 0 aromatic rings. The summed E-state index contributed by atoms with van der Waals surface area (Å²) in [4.78, 5) is 0. The summed E-state index contributed by atoms with van der Waals surface area (Å²) in [6, 6.07) is 0. The minimum absolute atomic E-state index is 0. The average molecular weight is 448 g/mol. The third kappa shape index (κ3) is 33.1. The molecule has 19 heavy (non-hydrogen) atoms. The fourth-order valence-corrected chi connectivity index (χ4v) is 6.00. The molecule has 0 spiro atoms. The van der Waals surface area contributed by atoms with Gasteiger partial charge < -0.3 is 16.6 Å². The quantitative estimate of drug-likeness (QED) is 0.427. The molecule has 0 aromatic carbocycles. The van der Waals surface area contributed by atoms with Gasteiger partial charge in [-0.15, -0.1) is 26.4 Å². The molecule has 0 aliphatic heterocycles. The van der Waals surface area contributed by atoms with Gasteiger partial charge in [-0.1, -0.05) is 39.3 Å². The maximum atomic E-state index is 2.42. The number of rotatable bonds is 3. The van der Waals surface area contributed by atoms with Crippen LogP contribution >= 0.6 is 0 Å². The molecule has 0 saturated carbocycles. The molecule has 0 saturated heterocycles. The van der Waals surface area contributed by atoms with Gasteiger partial charge >= 0.3 is 40.8 Å². The second-order valence-corrected chi connectivity index (χ2v) is 17.4. The Morgan fingerprint density at radius 1 is 0.526 bits per heavy atom. The van der Waals surface area contributed by atoms with Crippen LogP contribution in [-0.4, -0.2) is 26.4 Å². The van der Waals surface area contributed by atoms with Gasteiger partial charge in [-0.2, -0.15) is 41.5 Å². The van der Waals surface area contributed by atoms with Crippen molar-refractivity contribution in [3.63, 3.8) is 0 Å². The van der Waals surface area contributed by atoms with Crippen LogP contribution in [0.25, 0.3) is 0 Å². The van der Waals surface area contributed by atoms with Gasteiger partial charge in [0.2, 0.25) is 0 Å². The maximum Gasteiger partial charge on any atom is 3.00 e. The Morgan fingerprint density at radius 2 is 0.684 bits per heavy atom. The van der Waals surface area contributed by atoms with Crippen LogP contribution in [0.3, 0.4) is 0 Å². The predicted octanol–water partition coefficient (Wildman–Crippen LogP) is 4.88. The SMILES string of the molecule is C[C-](C)C.C[C-](C)[SiH](C)C.C[C-]([SiH](C)C)[SiH](C)C.[Nd+3]. The van der Waals surface area contributed by atoms with Crippen LogP contribution in [0, 0.1) is 57.5 Å². The van der Waals surface area contributed by atoms with Gasteiger partial charge in [0.05, 0.1) is 0 Å². The Labute approximate surface area is 163 Å². The molecule has 1 radical (unpaired) electrons. The Morgan fingerprint density at radius 3 is 0.684 bits per heavy atom. The van der Waals surface area contributed by atoms with Crippen molar-refractivity contribution < 1.29 is 40.8 Å². The second-order valence-electron chi connectivity index (χ2n) is 6.79. The van der Waals surface area contributed by atoms with Gasteiger partial charge in [0.1, 0.15) is 0 Å². The van der Waals surface area contributed by atoms with Crippen LogP contribution in [0.15, 0.2) is 0 Å². The molecule has 4 heteroatoms. The molecular formula is C15H39NdSi3. The zero-order valence-electron chi connectivity index (χ0n) is 15.7. The summed E-state index contributed by atoms with van der Waals surface area (Å²) < 4.78 is 0. The summed E-state index contributed by atoms with van der Waals surface area (Å²) in [6.45, 7) is 27.4. The molecule has 0 aromatic heterocycles. The Kier molecular flexibility index (Phi) is 27.6. The molecule has 0 heterocycles. The predicted molar refractivity (Wildman–Crippen MR) is 100 cm³/mol. The first-order valence-electron chi connectivity index (χ1n) is 7.33. The Bertz CT molecular complexity index is 141. The van der Waals surface area contributed by atoms with E-state index < -0.39 is 0 Å². The van der Waals surface area contributed by atoms with Crippen molar-refractivity contribution in [1.29, 1.82) is 0 Å². The van der Waals surface area contributed by atoms with E-state index in [1.165, 1.54) is 5.92 Å². The topological polar surface area (TPSA) is 0 Å².